The molecule has 1 N–H and O–H groups in total. The van der Waals surface area contributed by atoms with Gasteiger partial charge in [-0.3, -0.25) is 9.48 Å². The van der Waals surface area contributed by atoms with Crippen molar-refractivity contribution in [2.45, 2.75) is 20.1 Å². The van der Waals surface area contributed by atoms with Gasteiger partial charge in [0.05, 0.1) is 11.6 Å². The number of halogens is 4. The van der Waals surface area contributed by atoms with Gasteiger partial charge >= 0.3 is 0 Å². The fourth-order valence-electron chi connectivity index (χ4n) is 3.31. The minimum Gasteiger partial charge on any atom is -0.487 e. The van der Waals surface area contributed by atoms with Gasteiger partial charge in [-0.05, 0) is 55.0 Å². The Bertz CT molecular complexity index is 1330. The Morgan fingerprint density at radius 1 is 0.941 bits per heavy atom. The van der Waals surface area contributed by atoms with Crippen LogP contribution < -0.4 is 10.1 Å². The highest BCUT2D eigenvalue weighted by Crippen LogP contribution is 2.28. The van der Waals surface area contributed by atoms with Crippen LogP contribution in [0.15, 0.2) is 66.7 Å². The van der Waals surface area contributed by atoms with Crippen LogP contribution in [-0.4, -0.2) is 15.7 Å². The lowest BCUT2D eigenvalue weighted by atomic mass is 10.1. The Morgan fingerprint density at radius 3 is 2.41 bits per heavy atom. The molecule has 9 heteroatoms. The van der Waals surface area contributed by atoms with Gasteiger partial charge in [0.25, 0.3) is 5.91 Å². The summed E-state index contributed by atoms with van der Waals surface area (Å²) in [6, 6.07) is 19.3. The number of aryl methyl sites for hydroxylation is 1. The first kappa shape index (κ1) is 24.4. The number of carbonyl (C=O) groups excluding carboxylic acids is 1. The number of anilines is 1. The van der Waals surface area contributed by atoms with Crippen LogP contribution in [0.3, 0.4) is 0 Å². The number of hydrogen-bond acceptors (Lipinski definition) is 3. The van der Waals surface area contributed by atoms with Gasteiger partial charge in [0.1, 0.15) is 12.4 Å². The van der Waals surface area contributed by atoms with E-state index in [2.05, 4.69) is 10.4 Å². The molecule has 4 aromatic rings. The van der Waals surface area contributed by atoms with Gasteiger partial charge in [-0.1, -0.05) is 64.6 Å². The predicted molar refractivity (Wildman–Crippen MR) is 138 cm³/mol. The van der Waals surface area contributed by atoms with Crippen LogP contribution in [0.2, 0.25) is 20.1 Å². The SMILES string of the molecule is Cc1cc(NC(=O)c2cccc(COc3ccc(Cl)cc3Cl)c2)nn1Cc1c(Cl)cccc1Cl. The van der Waals surface area contributed by atoms with E-state index in [0.29, 0.717) is 43.8 Å². The van der Waals surface area contributed by atoms with Crippen molar-refractivity contribution in [1.82, 2.24) is 9.78 Å². The smallest absolute Gasteiger partial charge is 0.256 e. The van der Waals surface area contributed by atoms with Crippen molar-refractivity contribution >= 4 is 58.1 Å². The highest BCUT2D eigenvalue weighted by Gasteiger charge is 2.13. The summed E-state index contributed by atoms with van der Waals surface area (Å²) in [5.41, 5.74) is 2.91. The van der Waals surface area contributed by atoms with E-state index < -0.39 is 0 Å². The Hall–Kier alpha value is -2.70. The maximum absolute atomic E-state index is 12.8. The third-order valence-corrected chi connectivity index (χ3v) is 6.31. The Morgan fingerprint density at radius 2 is 1.68 bits per heavy atom. The molecule has 0 fully saturated rings. The molecule has 0 radical (unpaired) electrons. The van der Waals surface area contributed by atoms with Gasteiger partial charge < -0.3 is 10.1 Å². The second kappa shape index (κ2) is 10.7. The van der Waals surface area contributed by atoms with Crippen LogP contribution in [-0.2, 0) is 13.2 Å². The van der Waals surface area contributed by atoms with Crippen molar-refractivity contribution in [2.24, 2.45) is 0 Å². The molecule has 0 aliphatic rings. The van der Waals surface area contributed by atoms with Crippen LogP contribution >= 0.6 is 46.4 Å². The highest BCUT2D eigenvalue weighted by molar-refractivity contribution is 6.36. The molecule has 174 valence electrons. The summed E-state index contributed by atoms with van der Waals surface area (Å²) in [4.78, 5) is 12.8. The zero-order valence-electron chi connectivity index (χ0n) is 18.0. The molecule has 34 heavy (non-hydrogen) atoms. The second-order valence-corrected chi connectivity index (χ2v) is 9.20. The second-order valence-electron chi connectivity index (χ2n) is 7.55. The van der Waals surface area contributed by atoms with E-state index in [0.717, 1.165) is 16.8 Å². The number of nitrogens with one attached hydrogen (secondary N) is 1. The first-order chi connectivity index (χ1) is 16.3. The van der Waals surface area contributed by atoms with Gasteiger partial charge in [-0.15, -0.1) is 0 Å². The average Bonchev–Trinajstić information content (AvgIpc) is 3.14. The molecule has 0 unspecified atom stereocenters. The molecule has 0 aliphatic heterocycles. The van der Waals surface area contributed by atoms with Gasteiger partial charge in [0.15, 0.2) is 5.82 Å². The highest BCUT2D eigenvalue weighted by atomic mass is 35.5. The van der Waals surface area contributed by atoms with Crippen LogP contribution in [0.4, 0.5) is 5.82 Å². The molecule has 0 saturated heterocycles. The lowest BCUT2D eigenvalue weighted by molar-refractivity contribution is 0.102. The zero-order valence-corrected chi connectivity index (χ0v) is 21.0. The Kier molecular flexibility index (Phi) is 7.69. The molecule has 3 aromatic carbocycles. The predicted octanol–water partition coefficient (Wildman–Crippen LogP) is 7.68. The van der Waals surface area contributed by atoms with E-state index in [1.807, 2.05) is 13.0 Å². The molecule has 1 amide bonds. The Labute approximate surface area is 217 Å². The first-order valence-electron chi connectivity index (χ1n) is 10.3. The van der Waals surface area contributed by atoms with Crippen molar-refractivity contribution in [1.29, 1.82) is 0 Å². The molecule has 0 atom stereocenters. The normalized spacial score (nSPS) is 10.9. The third kappa shape index (κ3) is 5.86. The summed E-state index contributed by atoms with van der Waals surface area (Å²) >= 11 is 24.6. The van der Waals surface area contributed by atoms with Crippen LogP contribution in [0.25, 0.3) is 0 Å². The standard InChI is InChI=1S/C25H19Cl4N3O2/c1-15-10-24(31-32(15)13-19-20(27)6-3-7-21(19)28)30-25(33)17-5-2-4-16(11-17)14-34-23-9-8-18(26)12-22(23)29/h2-12H,13-14H2,1H3,(H,30,31,33). The van der Waals surface area contributed by atoms with Gasteiger partial charge in [-0.25, -0.2) is 0 Å². The average molecular weight is 535 g/mol. The number of benzene rings is 3. The third-order valence-electron chi connectivity index (χ3n) is 5.07. The molecule has 0 saturated carbocycles. The molecule has 0 spiro atoms. The van der Waals surface area contributed by atoms with Gasteiger partial charge in [0.2, 0.25) is 0 Å². The largest absolute Gasteiger partial charge is 0.487 e. The first-order valence-corrected chi connectivity index (χ1v) is 11.8. The maximum atomic E-state index is 12.8. The minimum atomic E-state index is -0.285. The minimum absolute atomic E-state index is 0.245. The zero-order chi connectivity index (χ0) is 24.2. The van der Waals surface area contributed by atoms with Crippen molar-refractivity contribution in [3.63, 3.8) is 0 Å². The number of nitrogens with zero attached hydrogens (tertiary/aromatic N) is 2. The number of rotatable bonds is 7. The summed E-state index contributed by atoms with van der Waals surface area (Å²) in [6.07, 6.45) is 0. The van der Waals surface area contributed by atoms with E-state index >= 15 is 0 Å². The fourth-order valence-corrected chi connectivity index (χ4v) is 4.29. The van der Waals surface area contributed by atoms with E-state index in [1.165, 1.54) is 0 Å². The van der Waals surface area contributed by atoms with Gasteiger partial charge in [0, 0.05) is 38.0 Å². The Balaban J connectivity index is 1.43. The van der Waals surface area contributed by atoms with Crippen LogP contribution in [0.5, 0.6) is 5.75 Å². The number of aromatic nitrogens is 2. The number of carbonyl (C=O) groups is 1. The molecule has 0 aliphatic carbocycles. The molecule has 4 rings (SSSR count). The summed E-state index contributed by atoms with van der Waals surface area (Å²) < 4.78 is 7.51. The summed E-state index contributed by atoms with van der Waals surface area (Å²) in [5.74, 6) is 0.660. The van der Waals surface area contributed by atoms with Crippen molar-refractivity contribution < 1.29 is 9.53 Å². The molecule has 1 heterocycles. The van der Waals surface area contributed by atoms with Gasteiger partial charge in [-0.2, -0.15) is 5.10 Å². The van der Waals surface area contributed by atoms with E-state index in [-0.39, 0.29) is 12.5 Å². The van der Waals surface area contributed by atoms with E-state index in [1.54, 1.807) is 65.3 Å². The van der Waals surface area contributed by atoms with Crippen molar-refractivity contribution in [3.8, 4) is 5.75 Å². The lowest BCUT2D eigenvalue weighted by Gasteiger charge is -2.10. The molecule has 1 aromatic heterocycles. The summed E-state index contributed by atoms with van der Waals surface area (Å²) in [7, 11) is 0. The van der Waals surface area contributed by atoms with E-state index in [9.17, 15) is 4.79 Å². The number of hydrogen-bond donors (Lipinski definition) is 1. The lowest BCUT2D eigenvalue weighted by Crippen LogP contribution is -2.13. The molecular weight excluding hydrogens is 516 g/mol. The number of ether oxygens (including phenoxy) is 1. The number of amides is 1. The summed E-state index contributed by atoms with van der Waals surface area (Å²) in [6.45, 7) is 2.53. The van der Waals surface area contributed by atoms with Crippen molar-refractivity contribution in [3.05, 3.63) is 109 Å². The maximum Gasteiger partial charge on any atom is 0.256 e. The quantitative estimate of drug-likeness (QED) is 0.264. The monoisotopic (exact) mass is 533 g/mol. The molecule has 0 bridgehead atoms. The topological polar surface area (TPSA) is 56.1 Å². The van der Waals surface area contributed by atoms with E-state index in [4.69, 9.17) is 51.1 Å². The summed E-state index contributed by atoms with van der Waals surface area (Å²) in [5, 5.41) is 9.40. The molecular formula is C25H19Cl4N3O2. The molecule has 5 nitrogen and oxygen atoms in total. The van der Waals surface area contributed by atoms with Crippen molar-refractivity contribution in [2.75, 3.05) is 5.32 Å². The van der Waals surface area contributed by atoms with Crippen LogP contribution in [0.1, 0.15) is 27.2 Å². The fraction of sp³-hybridized carbons (Fsp3) is 0.120. The van der Waals surface area contributed by atoms with Crippen LogP contribution in [0, 0.1) is 6.92 Å².